The molecule has 0 aromatic heterocycles. The molecule has 0 radical (unpaired) electrons. The lowest BCUT2D eigenvalue weighted by Gasteiger charge is -2.20. The van der Waals surface area contributed by atoms with Crippen molar-refractivity contribution in [2.45, 2.75) is 232 Å². The van der Waals surface area contributed by atoms with Crippen molar-refractivity contribution in [2.75, 3.05) is 33.0 Å². The summed E-state index contributed by atoms with van der Waals surface area (Å²) < 4.78 is 33.4. The fourth-order valence-electron chi connectivity index (χ4n) is 6.62. The third-order valence-corrected chi connectivity index (χ3v) is 11.2. The Labute approximate surface area is 356 Å². The zero-order valence-corrected chi connectivity index (χ0v) is 38.4. The second-order valence-electron chi connectivity index (χ2n) is 16.1. The van der Waals surface area contributed by atoms with Crippen molar-refractivity contribution in [2.24, 2.45) is 0 Å². The van der Waals surface area contributed by atoms with Crippen molar-refractivity contribution < 1.29 is 43.0 Å². The molecule has 0 fully saturated rings. The normalized spacial score (nSPS) is 14.2. The van der Waals surface area contributed by atoms with Crippen LogP contribution in [0.15, 0.2) is 36.5 Å². The van der Waals surface area contributed by atoms with Gasteiger partial charge in [-0.2, -0.15) is 0 Å². The van der Waals surface area contributed by atoms with E-state index in [-0.39, 0.29) is 25.6 Å². The minimum absolute atomic E-state index is 0.0431. The molecule has 58 heavy (non-hydrogen) atoms. The molecule has 0 aliphatic rings. The van der Waals surface area contributed by atoms with Gasteiger partial charge >= 0.3 is 13.8 Å². The molecule has 10 heteroatoms. The summed E-state index contributed by atoms with van der Waals surface area (Å²) in [5.41, 5.74) is 0. The number of rotatable bonds is 46. The smallest absolute Gasteiger partial charge is 0.457 e. The first kappa shape index (κ1) is 56.7. The number of phosphoric acid groups is 1. The van der Waals surface area contributed by atoms with Gasteiger partial charge in [-0.25, -0.2) is 4.57 Å². The SMILES string of the molecule is CCC/C=C\C/C=C\CCCCCCCCOCC(COP(=O)(O)OCC(O)CO)OC(=O)CCCCCCCCCCCCC/C=C\CCCCCCCCCC. The van der Waals surface area contributed by atoms with Crippen molar-refractivity contribution in [1.82, 2.24) is 0 Å². The topological polar surface area (TPSA) is 132 Å². The van der Waals surface area contributed by atoms with Gasteiger partial charge in [-0.1, -0.05) is 185 Å². The Hall–Kier alpha value is -1.32. The first-order valence-corrected chi connectivity index (χ1v) is 25.5. The lowest BCUT2D eigenvalue weighted by molar-refractivity contribution is -0.154. The largest absolute Gasteiger partial charge is 0.472 e. The second-order valence-corrected chi connectivity index (χ2v) is 17.6. The van der Waals surface area contributed by atoms with E-state index in [4.69, 9.17) is 23.6 Å². The molecular weight excluding hydrogens is 751 g/mol. The van der Waals surface area contributed by atoms with E-state index in [0.29, 0.717) is 6.61 Å². The maximum atomic E-state index is 12.7. The Morgan fingerprint density at radius 1 is 0.534 bits per heavy atom. The average Bonchev–Trinajstić information content (AvgIpc) is 3.21. The molecule has 3 N–H and O–H groups in total. The summed E-state index contributed by atoms with van der Waals surface area (Å²) in [5.74, 6) is -0.386. The Balaban J connectivity index is 4.06. The summed E-state index contributed by atoms with van der Waals surface area (Å²) in [6.07, 6.45) is 49.7. The predicted octanol–water partition coefficient (Wildman–Crippen LogP) is 13.6. The molecule has 0 aromatic carbocycles. The standard InChI is InChI=1S/C48H91O9P/c1-3-5-7-9-11-13-15-17-19-20-21-22-23-24-25-26-27-28-30-32-34-36-38-40-48(51)57-47(45-56-58(52,53)55-43-46(50)42-49)44-54-41-39-37-35-33-31-29-18-16-14-12-10-8-6-4-2/h8,10,14,16,20-21,46-47,49-50H,3-7,9,11-13,15,17-19,22-45H2,1-2H3,(H,52,53)/b10-8-,16-14-,21-20-. The van der Waals surface area contributed by atoms with Gasteiger partial charge < -0.3 is 24.6 Å². The van der Waals surface area contributed by atoms with E-state index in [1.54, 1.807) is 0 Å². The van der Waals surface area contributed by atoms with E-state index in [2.05, 4.69) is 50.3 Å². The number of aliphatic hydroxyl groups excluding tert-OH is 2. The van der Waals surface area contributed by atoms with Crippen LogP contribution in [0.2, 0.25) is 0 Å². The van der Waals surface area contributed by atoms with Gasteiger partial charge in [-0.15, -0.1) is 0 Å². The molecule has 0 aromatic rings. The first-order chi connectivity index (χ1) is 28.3. The molecule has 0 saturated heterocycles. The lowest BCUT2D eigenvalue weighted by atomic mass is 10.0. The van der Waals surface area contributed by atoms with E-state index >= 15 is 0 Å². The van der Waals surface area contributed by atoms with Crippen molar-refractivity contribution in [1.29, 1.82) is 0 Å². The maximum Gasteiger partial charge on any atom is 0.472 e. The van der Waals surface area contributed by atoms with E-state index in [1.165, 1.54) is 141 Å². The molecule has 0 heterocycles. The third kappa shape index (κ3) is 44.2. The molecule has 0 aliphatic carbocycles. The number of phosphoric ester groups is 1. The molecule has 9 nitrogen and oxygen atoms in total. The molecule has 3 atom stereocenters. The van der Waals surface area contributed by atoms with Crippen LogP contribution in [0.1, 0.15) is 219 Å². The van der Waals surface area contributed by atoms with Gasteiger partial charge in [0.2, 0.25) is 0 Å². The number of aliphatic hydroxyl groups is 2. The first-order valence-electron chi connectivity index (χ1n) is 24.0. The Morgan fingerprint density at radius 3 is 1.47 bits per heavy atom. The van der Waals surface area contributed by atoms with Crippen molar-refractivity contribution >= 4 is 13.8 Å². The molecule has 0 bridgehead atoms. The molecule has 0 spiro atoms. The molecule has 342 valence electrons. The van der Waals surface area contributed by atoms with E-state index < -0.39 is 33.2 Å². The fraction of sp³-hybridized carbons (Fsp3) is 0.854. The zero-order chi connectivity index (χ0) is 42.5. The highest BCUT2D eigenvalue weighted by Crippen LogP contribution is 2.43. The van der Waals surface area contributed by atoms with Crippen LogP contribution < -0.4 is 0 Å². The Kier molecular flexibility index (Phi) is 44.2. The number of esters is 1. The Morgan fingerprint density at radius 2 is 0.966 bits per heavy atom. The summed E-state index contributed by atoms with van der Waals surface area (Å²) in [6.45, 7) is 3.46. The number of allylic oxidation sites excluding steroid dienone is 6. The van der Waals surface area contributed by atoms with Crippen molar-refractivity contribution in [3.8, 4) is 0 Å². The van der Waals surface area contributed by atoms with E-state index in [1.807, 2.05) is 0 Å². The summed E-state index contributed by atoms with van der Waals surface area (Å²) >= 11 is 0. The minimum Gasteiger partial charge on any atom is -0.457 e. The summed E-state index contributed by atoms with van der Waals surface area (Å²) in [7, 11) is -4.52. The molecule has 0 rings (SSSR count). The third-order valence-electron chi connectivity index (χ3n) is 10.3. The number of hydrogen-bond acceptors (Lipinski definition) is 8. The quantitative estimate of drug-likeness (QED) is 0.0237. The van der Waals surface area contributed by atoms with Gasteiger partial charge in [0.05, 0.1) is 26.4 Å². The number of carbonyl (C=O) groups excluding carboxylic acids is 1. The van der Waals surface area contributed by atoms with Crippen molar-refractivity contribution in [3.05, 3.63) is 36.5 Å². The average molecular weight is 843 g/mol. The van der Waals surface area contributed by atoms with E-state index in [9.17, 15) is 19.4 Å². The summed E-state index contributed by atoms with van der Waals surface area (Å²) in [6, 6.07) is 0. The molecule has 0 saturated carbocycles. The highest BCUT2D eigenvalue weighted by Gasteiger charge is 2.26. The van der Waals surface area contributed by atoms with Gasteiger partial charge in [-0.3, -0.25) is 13.8 Å². The van der Waals surface area contributed by atoms with Crippen LogP contribution in [0.25, 0.3) is 0 Å². The van der Waals surface area contributed by atoms with Crippen LogP contribution in [0.4, 0.5) is 0 Å². The second kappa shape index (κ2) is 45.2. The molecule has 0 amide bonds. The van der Waals surface area contributed by atoms with Crippen LogP contribution in [0.5, 0.6) is 0 Å². The number of unbranched alkanes of at least 4 members (excludes halogenated alkanes) is 26. The van der Waals surface area contributed by atoms with Crippen molar-refractivity contribution in [3.63, 3.8) is 0 Å². The van der Waals surface area contributed by atoms with E-state index in [0.717, 1.165) is 57.8 Å². The Bertz CT molecular complexity index is 1000. The molecule has 3 unspecified atom stereocenters. The summed E-state index contributed by atoms with van der Waals surface area (Å²) in [5, 5.41) is 18.4. The summed E-state index contributed by atoms with van der Waals surface area (Å²) in [4.78, 5) is 22.6. The number of carbonyl (C=O) groups is 1. The molecule has 0 aliphatic heterocycles. The van der Waals surface area contributed by atoms with Gasteiger partial charge in [0.1, 0.15) is 12.2 Å². The predicted molar refractivity (Wildman–Crippen MR) is 242 cm³/mol. The molecular formula is C48H91O9P. The van der Waals surface area contributed by atoms with Gasteiger partial charge in [0.15, 0.2) is 0 Å². The maximum absolute atomic E-state index is 12.7. The van der Waals surface area contributed by atoms with Crippen LogP contribution >= 0.6 is 7.82 Å². The lowest BCUT2D eigenvalue weighted by Crippen LogP contribution is -2.29. The van der Waals surface area contributed by atoms with Crippen LogP contribution in [-0.2, 0) is 27.9 Å². The minimum atomic E-state index is -4.52. The fourth-order valence-corrected chi connectivity index (χ4v) is 7.41. The van der Waals surface area contributed by atoms with Gasteiger partial charge in [-0.05, 0) is 64.2 Å². The number of hydrogen-bond donors (Lipinski definition) is 3. The number of ether oxygens (including phenoxy) is 2. The highest BCUT2D eigenvalue weighted by atomic mass is 31.2. The van der Waals surface area contributed by atoms with Gasteiger partial charge in [0.25, 0.3) is 0 Å². The van der Waals surface area contributed by atoms with Gasteiger partial charge in [0, 0.05) is 13.0 Å². The monoisotopic (exact) mass is 843 g/mol. The zero-order valence-electron chi connectivity index (χ0n) is 37.5. The van der Waals surface area contributed by atoms with Crippen LogP contribution in [0.3, 0.4) is 0 Å². The van der Waals surface area contributed by atoms with Crippen LogP contribution in [0, 0.1) is 0 Å². The highest BCUT2D eigenvalue weighted by molar-refractivity contribution is 7.47. The van der Waals surface area contributed by atoms with Crippen LogP contribution in [-0.4, -0.2) is 66.3 Å².